The molecular weight excluding hydrogens is 545 g/mol. The average Bonchev–Trinajstić information content (AvgIpc) is 3.02. The molecule has 240 valence electrons. The minimum Gasteiger partial charge on any atom is -0.218 e. The first-order chi connectivity index (χ1) is 20.8. The maximum Gasteiger partial charge on any atom is 0.207 e. The Morgan fingerprint density at radius 3 is 1.28 bits per heavy atom. The zero-order chi connectivity index (χ0) is 31.5. The van der Waals surface area contributed by atoms with Gasteiger partial charge in [-0.15, -0.1) is 13.2 Å². The summed E-state index contributed by atoms with van der Waals surface area (Å²) in [5.41, 5.74) is 4.50. The van der Waals surface area contributed by atoms with E-state index >= 15 is 0 Å². The lowest BCUT2D eigenvalue weighted by Crippen LogP contribution is -2.11. The van der Waals surface area contributed by atoms with Crippen molar-refractivity contribution in [3.63, 3.8) is 0 Å². The molecule has 0 N–H and O–H groups in total. The van der Waals surface area contributed by atoms with E-state index in [4.69, 9.17) is 0 Å². The third kappa shape index (κ3) is 12.4. The molecule has 43 heavy (non-hydrogen) atoms. The molecule has 0 aliphatic carbocycles. The molecule has 0 radical (unpaired) electrons. The van der Waals surface area contributed by atoms with Gasteiger partial charge in [-0.1, -0.05) is 115 Å². The van der Waals surface area contributed by atoms with Crippen LogP contribution in [0, 0.1) is 0 Å². The largest absolute Gasteiger partial charge is 0.218 e. The summed E-state index contributed by atoms with van der Waals surface area (Å²) in [7, 11) is -3.63. The summed E-state index contributed by atoms with van der Waals surface area (Å²) in [4.78, 5) is 1.04. The van der Waals surface area contributed by atoms with E-state index in [0.717, 1.165) is 75.3 Å². The van der Waals surface area contributed by atoms with E-state index in [1.807, 2.05) is 24.3 Å². The van der Waals surface area contributed by atoms with Crippen LogP contribution in [-0.4, -0.2) is 8.42 Å². The van der Waals surface area contributed by atoms with Crippen molar-refractivity contribution in [2.75, 3.05) is 0 Å². The molecule has 3 heteroatoms. The van der Waals surface area contributed by atoms with Crippen molar-refractivity contribution < 1.29 is 8.42 Å². The van der Waals surface area contributed by atoms with E-state index in [-0.39, 0.29) is 0 Å². The van der Waals surface area contributed by atoms with Crippen molar-refractivity contribution in [2.45, 2.75) is 165 Å². The van der Waals surface area contributed by atoms with Crippen molar-refractivity contribution >= 4 is 9.84 Å². The fraction of sp³-hybridized carbons (Fsp3) is 0.600. The van der Waals surface area contributed by atoms with Crippen LogP contribution in [-0.2, 0) is 22.7 Å². The van der Waals surface area contributed by atoms with Gasteiger partial charge in [-0.05, 0) is 110 Å². The maximum absolute atomic E-state index is 14.4. The van der Waals surface area contributed by atoms with Gasteiger partial charge in [-0.3, -0.25) is 0 Å². The summed E-state index contributed by atoms with van der Waals surface area (Å²) in [6.07, 6.45) is 24.1. The number of unbranched alkanes of at least 4 members (excludes halogenated alkanes) is 12. The van der Waals surface area contributed by atoms with Crippen LogP contribution in [0.4, 0.5) is 0 Å². The van der Waals surface area contributed by atoms with Gasteiger partial charge in [-0.25, -0.2) is 8.42 Å². The van der Waals surface area contributed by atoms with Gasteiger partial charge >= 0.3 is 0 Å². The summed E-state index contributed by atoms with van der Waals surface area (Å²) in [6.45, 7) is 16.5. The summed E-state index contributed by atoms with van der Waals surface area (Å²) >= 11 is 0. The number of sulfone groups is 1. The Kier molecular flexibility index (Phi) is 17.9. The standard InChI is InChI=1S/C40H62O2S/c1-7-11-13-15-17-19-21-23-25-37-31-35(33(5)9-3)27-29-39(37)43(41,42)40-30-28-36(34(6)10-4)32-38(40)26-24-22-20-18-16-14-12-8-2/h7-8,27-34H,1-2,9-26H2,3-6H3. The Morgan fingerprint density at radius 2 is 0.930 bits per heavy atom. The van der Waals surface area contributed by atoms with Crippen LogP contribution in [0.15, 0.2) is 71.5 Å². The molecule has 2 rings (SSSR count). The highest BCUT2D eigenvalue weighted by atomic mass is 32.2. The number of rotatable bonds is 24. The molecule has 0 saturated carbocycles. The van der Waals surface area contributed by atoms with Gasteiger partial charge in [0.25, 0.3) is 0 Å². The van der Waals surface area contributed by atoms with Gasteiger partial charge in [0.1, 0.15) is 0 Å². The predicted octanol–water partition coefficient (Wildman–Crippen LogP) is 12.5. The van der Waals surface area contributed by atoms with E-state index in [1.54, 1.807) is 0 Å². The van der Waals surface area contributed by atoms with Crippen LogP contribution < -0.4 is 0 Å². The quantitative estimate of drug-likeness (QED) is 0.0880. The molecule has 2 nitrogen and oxygen atoms in total. The Hall–Kier alpha value is -2.13. The Bertz CT molecular complexity index is 1110. The average molecular weight is 607 g/mol. The molecule has 0 saturated heterocycles. The van der Waals surface area contributed by atoms with E-state index in [0.29, 0.717) is 21.6 Å². The van der Waals surface area contributed by atoms with E-state index in [1.165, 1.54) is 62.5 Å². The molecule has 0 spiro atoms. The second-order valence-corrected chi connectivity index (χ2v) is 14.6. The first-order valence-corrected chi connectivity index (χ1v) is 19.0. The Morgan fingerprint density at radius 1 is 0.581 bits per heavy atom. The smallest absolute Gasteiger partial charge is 0.207 e. The first kappa shape index (κ1) is 37.1. The van der Waals surface area contributed by atoms with Gasteiger partial charge < -0.3 is 0 Å². The fourth-order valence-electron chi connectivity index (χ4n) is 5.94. The molecule has 0 amide bonds. The van der Waals surface area contributed by atoms with Gasteiger partial charge in [0.15, 0.2) is 0 Å². The fourth-order valence-corrected chi connectivity index (χ4v) is 7.68. The van der Waals surface area contributed by atoms with Crippen molar-refractivity contribution in [1.29, 1.82) is 0 Å². The number of hydrogen-bond donors (Lipinski definition) is 0. The predicted molar refractivity (Wildman–Crippen MR) is 188 cm³/mol. The topological polar surface area (TPSA) is 34.1 Å². The highest BCUT2D eigenvalue weighted by molar-refractivity contribution is 7.91. The molecule has 0 aliphatic rings. The lowest BCUT2D eigenvalue weighted by atomic mass is 9.95. The van der Waals surface area contributed by atoms with E-state index < -0.39 is 9.84 Å². The zero-order valence-electron chi connectivity index (χ0n) is 28.1. The Balaban J connectivity index is 2.29. The van der Waals surface area contributed by atoms with Crippen LogP contribution in [0.3, 0.4) is 0 Å². The molecule has 0 aromatic heterocycles. The van der Waals surface area contributed by atoms with Crippen molar-refractivity contribution in [2.24, 2.45) is 0 Å². The normalized spacial score (nSPS) is 13.1. The molecule has 0 fully saturated rings. The minimum atomic E-state index is -3.63. The minimum absolute atomic E-state index is 0.419. The van der Waals surface area contributed by atoms with Gasteiger partial charge in [0.2, 0.25) is 9.84 Å². The highest BCUT2D eigenvalue weighted by Gasteiger charge is 2.25. The molecule has 0 heterocycles. The summed E-state index contributed by atoms with van der Waals surface area (Å²) in [5, 5.41) is 0. The molecule has 2 atom stereocenters. The number of hydrogen-bond acceptors (Lipinski definition) is 2. The lowest BCUT2D eigenvalue weighted by molar-refractivity contribution is 0.582. The second kappa shape index (κ2) is 20.8. The third-order valence-electron chi connectivity index (χ3n) is 9.32. The molecule has 2 unspecified atom stereocenters. The van der Waals surface area contributed by atoms with Crippen molar-refractivity contribution in [1.82, 2.24) is 0 Å². The van der Waals surface area contributed by atoms with Crippen LogP contribution in [0.1, 0.15) is 165 Å². The van der Waals surface area contributed by atoms with Crippen LogP contribution in [0.5, 0.6) is 0 Å². The van der Waals surface area contributed by atoms with Crippen LogP contribution in [0.2, 0.25) is 0 Å². The molecule has 2 aromatic carbocycles. The maximum atomic E-state index is 14.4. The lowest BCUT2D eigenvalue weighted by Gasteiger charge is -2.19. The zero-order valence-corrected chi connectivity index (χ0v) is 29.0. The van der Waals surface area contributed by atoms with Gasteiger partial charge in [0.05, 0.1) is 9.79 Å². The van der Waals surface area contributed by atoms with Gasteiger partial charge in [-0.2, -0.15) is 0 Å². The third-order valence-corrected chi connectivity index (χ3v) is 11.3. The molecular formula is C40H62O2S. The second-order valence-electron chi connectivity index (χ2n) is 12.8. The summed E-state index contributed by atoms with van der Waals surface area (Å²) in [6, 6.07) is 12.3. The first-order valence-electron chi connectivity index (χ1n) is 17.5. The van der Waals surface area contributed by atoms with E-state index in [2.05, 4.69) is 65.1 Å². The molecule has 2 aromatic rings. The summed E-state index contributed by atoms with van der Waals surface area (Å²) < 4.78 is 28.9. The molecule has 0 aliphatic heterocycles. The number of aryl methyl sites for hydroxylation is 2. The molecule has 0 bridgehead atoms. The number of allylic oxidation sites excluding steroid dienone is 2. The van der Waals surface area contributed by atoms with Crippen LogP contribution in [0.25, 0.3) is 0 Å². The highest BCUT2D eigenvalue weighted by Crippen LogP contribution is 2.33. The van der Waals surface area contributed by atoms with Crippen molar-refractivity contribution in [3.05, 3.63) is 84.0 Å². The van der Waals surface area contributed by atoms with Gasteiger partial charge in [0, 0.05) is 0 Å². The SMILES string of the molecule is C=CCCCCCCCCc1cc(C(C)CC)ccc1S(=O)(=O)c1ccc(C(C)CC)cc1CCCCCCCCC=C. The van der Waals surface area contributed by atoms with E-state index in [9.17, 15) is 8.42 Å². The summed E-state index contributed by atoms with van der Waals surface area (Å²) in [5.74, 6) is 0.838. The van der Waals surface area contributed by atoms with Crippen molar-refractivity contribution in [3.8, 4) is 0 Å². The number of benzene rings is 2. The van der Waals surface area contributed by atoms with Crippen LogP contribution >= 0.6 is 0 Å². The Labute approximate surface area is 266 Å². The monoisotopic (exact) mass is 606 g/mol.